The average molecular weight is 493 g/mol. The predicted molar refractivity (Wildman–Crippen MR) is 138 cm³/mol. The third-order valence-corrected chi connectivity index (χ3v) is 6.78. The van der Waals surface area contributed by atoms with Crippen molar-refractivity contribution in [3.05, 3.63) is 77.4 Å². The molecule has 2 aliphatic rings. The van der Waals surface area contributed by atoms with Gasteiger partial charge in [-0.15, -0.1) is 0 Å². The number of para-hydroxylation sites is 1. The van der Waals surface area contributed by atoms with Crippen LogP contribution < -0.4 is 19.3 Å². The van der Waals surface area contributed by atoms with Gasteiger partial charge in [-0.1, -0.05) is 23.7 Å². The van der Waals surface area contributed by atoms with Crippen molar-refractivity contribution in [2.75, 3.05) is 55.7 Å². The Morgan fingerprint density at radius 2 is 1.77 bits per heavy atom. The van der Waals surface area contributed by atoms with Crippen LogP contribution in [-0.4, -0.2) is 67.8 Å². The van der Waals surface area contributed by atoms with Crippen LogP contribution in [0.15, 0.2) is 66.9 Å². The molecule has 0 N–H and O–H groups in total. The molecular weight excluding hydrogens is 464 g/mol. The van der Waals surface area contributed by atoms with Crippen LogP contribution in [0.3, 0.4) is 0 Å². The highest BCUT2D eigenvalue weighted by Gasteiger charge is 2.28. The molecule has 1 saturated heterocycles. The van der Waals surface area contributed by atoms with Crippen LogP contribution in [0.5, 0.6) is 11.5 Å². The zero-order chi connectivity index (χ0) is 24.2. The standard InChI is InChI=1S/C27H29ClN4O3/c1-20(19-32(25-7-2-3-12-29-25)27(33)21-8-10-22(28)11-9-21)30-13-15-31(16-14-30)23-5-4-6-24-26(23)35-18-17-34-24/h2-12,20H,13-19H2,1H3/t20-/m1/s1. The number of benzene rings is 2. The first-order chi connectivity index (χ1) is 17.1. The number of halogens is 1. The third-order valence-electron chi connectivity index (χ3n) is 6.53. The molecule has 0 unspecified atom stereocenters. The molecule has 1 atom stereocenters. The van der Waals surface area contributed by atoms with E-state index >= 15 is 0 Å². The maximum Gasteiger partial charge on any atom is 0.259 e. The molecule has 2 aliphatic heterocycles. The number of ether oxygens (including phenoxy) is 2. The van der Waals surface area contributed by atoms with E-state index in [2.05, 4.69) is 27.8 Å². The van der Waals surface area contributed by atoms with Crippen molar-refractivity contribution in [3.8, 4) is 11.5 Å². The molecule has 5 rings (SSSR count). The second kappa shape index (κ2) is 10.5. The first kappa shape index (κ1) is 23.5. The Balaban J connectivity index is 1.27. The summed E-state index contributed by atoms with van der Waals surface area (Å²) in [6.45, 7) is 7.39. The zero-order valence-corrected chi connectivity index (χ0v) is 20.5. The van der Waals surface area contributed by atoms with Crippen molar-refractivity contribution in [2.45, 2.75) is 13.0 Å². The summed E-state index contributed by atoms with van der Waals surface area (Å²) in [4.78, 5) is 24.4. The van der Waals surface area contributed by atoms with Crippen LogP contribution >= 0.6 is 11.6 Å². The maximum atomic E-state index is 13.4. The molecule has 0 aliphatic carbocycles. The van der Waals surface area contributed by atoms with Gasteiger partial charge in [0.15, 0.2) is 11.5 Å². The third kappa shape index (κ3) is 5.21. The van der Waals surface area contributed by atoms with Gasteiger partial charge in [0.1, 0.15) is 19.0 Å². The van der Waals surface area contributed by atoms with Gasteiger partial charge < -0.3 is 14.4 Å². The number of rotatable bonds is 6. The summed E-state index contributed by atoms with van der Waals surface area (Å²) in [5.41, 5.74) is 1.68. The van der Waals surface area contributed by atoms with Gasteiger partial charge >= 0.3 is 0 Å². The topological polar surface area (TPSA) is 58.1 Å². The second-order valence-electron chi connectivity index (χ2n) is 8.78. The number of piperazine rings is 1. The number of carbonyl (C=O) groups excluding carboxylic acids is 1. The van der Waals surface area contributed by atoms with E-state index in [1.807, 2.05) is 30.3 Å². The SMILES string of the molecule is C[C@H](CN(C(=O)c1ccc(Cl)cc1)c1ccccn1)N1CCN(c2cccc3c2OCCO3)CC1. The molecule has 35 heavy (non-hydrogen) atoms. The van der Waals surface area contributed by atoms with Crippen molar-refractivity contribution in [1.29, 1.82) is 0 Å². The molecule has 182 valence electrons. The first-order valence-electron chi connectivity index (χ1n) is 12.0. The quantitative estimate of drug-likeness (QED) is 0.509. The highest BCUT2D eigenvalue weighted by Crippen LogP contribution is 2.39. The molecule has 0 spiro atoms. The summed E-state index contributed by atoms with van der Waals surface area (Å²) in [6, 6.07) is 18.9. The van der Waals surface area contributed by atoms with Crippen LogP contribution in [-0.2, 0) is 0 Å². The highest BCUT2D eigenvalue weighted by atomic mass is 35.5. The first-order valence-corrected chi connectivity index (χ1v) is 12.3. The summed E-state index contributed by atoms with van der Waals surface area (Å²) in [7, 11) is 0. The van der Waals surface area contributed by atoms with Gasteiger partial charge in [-0.3, -0.25) is 14.6 Å². The highest BCUT2D eigenvalue weighted by molar-refractivity contribution is 6.30. The smallest absolute Gasteiger partial charge is 0.259 e. The van der Waals surface area contributed by atoms with Crippen LogP contribution in [0.4, 0.5) is 11.5 Å². The average Bonchev–Trinajstić information content (AvgIpc) is 2.92. The van der Waals surface area contributed by atoms with E-state index in [0.29, 0.717) is 36.2 Å². The van der Waals surface area contributed by atoms with Crippen LogP contribution in [0.1, 0.15) is 17.3 Å². The minimum Gasteiger partial charge on any atom is -0.486 e. The van der Waals surface area contributed by atoms with Gasteiger partial charge in [-0.25, -0.2) is 4.98 Å². The molecule has 1 amide bonds. The lowest BCUT2D eigenvalue weighted by Gasteiger charge is -2.41. The monoisotopic (exact) mass is 492 g/mol. The Kier molecular flexibility index (Phi) is 7.06. The van der Waals surface area contributed by atoms with Crippen molar-refractivity contribution in [3.63, 3.8) is 0 Å². The molecule has 2 aromatic carbocycles. The Bertz CT molecular complexity index is 1150. The number of amides is 1. The normalized spacial score (nSPS) is 16.6. The van der Waals surface area contributed by atoms with Gasteiger partial charge in [0.05, 0.1) is 5.69 Å². The Hall–Kier alpha value is -3.29. The van der Waals surface area contributed by atoms with E-state index in [0.717, 1.165) is 43.4 Å². The molecule has 8 heteroatoms. The number of carbonyl (C=O) groups is 1. The van der Waals surface area contributed by atoms with Gasteiger partial charge in [-0.05, 0) is 55.5 Å². The van der Waals surface area contributed by atoms with E-state index in [-0.39, 0.29) is 11.9 Å². The molecule has 0 saturated carbocycles. The van der Waals surface area contributed by atoms with Crippen molar-refractivity contribution >= 4 is 29.0 Å². The van der Waals surface area contributed by atoms with Crippen LogP contribution in [0, 0.1) is 0 Å². The fraction of sp³-hybridized carbons (Fsp3) is 0.333. The van der Waals surface area contributed by atoms with E-state index < -0.39 is 0 Å². The van der Waals surface area contributed by atoms with E-state index in [1.165, 1.54) is 0 Å². The lowest BCUT2D eigenvalue weighted by Crippen LogP contribution is -2.53. The van der Waals surface area contributed by atoms with Crippen LogP contribution in [0.25, 0.3) is 0 Å². The number of pyridine rings is 1. The number of anilines is 2. The number of nitrogens with zero attached hydrogens (tertiary/aromatic N) is 4. The van der Waals surface area contributed by atoms with E-state index in [4.69, 9.17) is 21.1 Å². The Labute approximate surface area is 210 Å². The van der Waals surface area contributed by atoms with Crippen molar-refractivity contribution < 1.29 is 14.3 Å². The summed E-state index contributed by atoms with van der Waals surface area (Å²) >= 11 is 6.03. The zero-order valence-electron chi connectivity index (χ0n) is 19.8. The van der Waals surface area contributed by atoms with Gasteiger partial charge in [0, 0.05) is 55.5 Å². The van der Waals surface area contributed by atoms with Gasteiger partial charge in [0.25, 0.3) is 5.91 Å². The molecule has 1 fully saturated rings. The fourth-order valence-corrected chi connectivity index (χ4v) is 4.76. The van der Waals surface area contributed by atoms with E-state index in [9.17, 15) is 4.79 Å². The molecule has 3 heterocycles. The second-order valence-corrected chi connectivity index (χ2v) is 9.22. The Morgan fingerprint density at radius 3 is 2.51 bits per heavy atom. The summed E-state index contributed by atoms with van der Waals surface area (Å²) in [5, 5.41) is 0.605. The molecule has 1 aromatic heterocycles. The van der Waals surface area contributed by atoms with Crippen molar-refractivity contribution in [1.82, 2.24) is 9.88 Å². The predicted octanol–water partition coefficient (Wildman–Crippen LogP) is 4.36. The maximum absolute atomic E-state index is 13.4. The van der Waals surface area contributed by atoms with Gasteiger partial charge in [-0.2, -0.15) is 0 Å². The summed E-state index contributed by atoms with van der Waals surface area (Å²) in [5.74, 6) is 2.22. The molecule has 7 nitrogen and oxygen atoms in total. The molecule has 0 radical (unpaired) electrons. The van der Waals surface area contributed by atoms with Gasteiger partial charge in [0.2, 0.25) is 0 Å². The lowest BCUT2D eigenvalue weighted by atomic mass is 10.1. The number of hydrogen-bond donors (Lipinski definition) is 0. The number of fused-ring (bicyclic) bond motifs is 1. The minimum atomic E-state index is -0.0843. The summed E-state index contributed by atoms with van der Waals surface area (Å²) in [6.07, 6.45) is 1.72. The van der Waals surface area contributed by atoms with Crippen LogP contribution in [0.2, 0.25) is 5.02 Å². The minimum absolute atomic E-state index is 0.0843. The largest absolute Gasteiger partial charge is 0.486 e. The van der Waals surface area contributed by atoms with Crippen molar-refractivity contribution in [2.24, 2.45) is 0 Å². The molecule has 0 bridgehead atoms. The fourth-order valence-electron chi connectivity index (χ4n) is 4.63. The number of aromatic nitrogens is 1. The number of hydrogen-bond acceptors (Lipinski definition) is 6. The summed E-state index contributed by atoms with van der Waals surface area (Å²) < 4.78 is 11.7. The lowest BCUT2D eigenvalue weighted by molar-refractivity contribution is 0.0973. The Morgan fingerprint density at radius 1 is 1.00 bits per heavy atom. The molecular formula is C27H29ClN4O3. The molecule has 3 aromatic rings. The van der Waals surface area contributed by atoms with E-state index in [1.54, 1.807) is 35.4 Å².